The number of fused-ring (bicyclic) bond motifs is 1. The second-order valence-electron chi connectivity index (χ2n) is 7.03. The number of halogens is 1. The van der Waals surface area contributed by atoms with Crippen LogP contribution >= 0.6 is 0 Å². The van der Waals surface area contributed by atoms with E-state index in [0.717, 1.165) is 25.7 Å². The number of aromatic amines is 1. The normalized spacial score (nSPS) is 14.9. The van der Waals surface area contributed by atoms with Gasteiger partial charge in [-0.25, -0.2) is 4.39 Å². The SMILES string of the molecule is O=C(CCc1cc2ccc(F)cc2[nH]c1=O)NCC(=O)NC1CCCCC1. The third kappa shape index (κ3) is 5.39. The Balaban J connectivity index is 1.48. The van der Waals surface area contributed by atoms with Crippen LogP contribution in [0.5, 0.6) is 0 Å². The standard InChI is InChI=1S/C20H24FN3O3/c21-15-8-6-13-10-14(20(27)24-17(13)11-15)7-9-18(25)22-12-19(26)23-16-4-2-1-3-5-16/h6,8,10-11,16H,1-5,7,9,12H2,(H,22,25)(H,23,26)(H,24,27). The molecule has 1 saturated carbocycles. The van der Waals surface area contributed by atoms with Gasteiger partial charge in [-0.05, 0) is 48.9 Å². The highest BCUT2D eigenvalue weighted by Gasteiger charge is 2.16. The number of carbonyl (C=O) groups is 2. The number of carbonyl (C=O) groups excluding carboxylic acids is 2. The van der Waals surface area contributed by atoms with Gasteiger partial charge in [-0.15, -0.1) is 0 Å². The van der Waals surface area contributed by atoms with E-state index >= 15 is 0 Å². The number of pyridine rings is 1. The van der Waals surface area contributed by atoms with Crippen molar-refractivity contribution in [2.75, 3.05) is 6.54 Å². The van der Waals surface area contributed by atoms with Gasteiger partial charge in [0.25, 0.3) is 5.56 Å². The van der Waals surface area contributed by atoms with E-state index in [4.69, 9.17) is 0 Å². The Morgan fingerprint density at radius 3 is 2.67 bits per heavy atom. The summed E-state index contributed by atoms with van der Waals surface area (Å²) in [4.78, 5) is 38.6. The smallest absolute Gasteiger partial charge is 0.251 e. The van der Waals surface area contributed by atoms with Gasteiger partial charge in [0.15, 0.2) is 0 Å². The van der Waals surface area contributed by atoms with Gasteiger partial charge in [0, 0.05) is 18.0 Å². The lowest BCUT2D eigenvalue weighted by Gasteiger charge is -2.22. The molecule has 0 unspecified atom stereocenters. The summed E-state index contributed by atoms with van der Waals surface area (Å²) in [6.07, 6.45) is 5.81. The number of nitrogens with one attached hydrogen (secondary N) is 3. The van der Waals surface area contributed by atoms with Gasteiger partial charge in [0.2, 0.25) is 11.8 Å². The minimum atomic E-state index is -0.420. The fourth-order valence-corrected chi connectivity index (χ4v) is 3.45. The van der Waals surface area contributed by atoms with Gasteiger partial charge >= 0.3 is 0 Å². The van der Waals surface area contributed by atoms with E-state index in [-0.39, 0.29) is 42.8 Å². The van der Waals surface area contributed by atoms with Gasteiger partial charge in [0.1, 0.15) is 5.82 Å². The van der Waals surface area contributed by atoms with Crippen molar-refractivity contribution < 1.29 is 14.0 Å². The molecule has 6 nitrogen and oxygen atoms in total. The molecule has 1 heterocycles. The summed E-state index contributed by atoms with van der Waals surface area (Å²) < 4.78 is 13.2. The van der Waals surface area contributed by atoms with Crippen molar-refractivity contribution in [1.82, 2.24) is 15.6 Å². The maximum Gasteiger partial charge on any atom is 0.251 e. The molecule has 7 heteroatoms. The first-order valence-corrected chi connectivity index (χ1v) is 9.39. The van der Waals surface area contributed by atoms with E-state index in [1.54, 1.807) is 12.1 Å². The first-order chi connectivity index (χ1) is 13.0. The molecule has 2 aromatic rings. The van der Waals surface area contributed by atoms with Crippen LogP contribution in [0.15, 0.2) is 29.1 Å². The molecule has 3 N–H and O–H groups in total. The predicted octanol–water partition coefficient (Wildman–Crippen LogP) is 2.16. The lowest BCUT2D eigenvalue weighted by Crippen LogP contribution is -2.42. The van der Waals surface area contributed by atoms with E-state index < -0.39 is 5.82 Å². The predicted molar refractivity (Wildman–Crippen MR) is 101 cm³/mol. The van der Waals surface area contributed by atoms with Crippen LogP contribution in [0, 0.1) is 5.82 Å². The molecule has 0 bridgehead atoms. The maximum absolute atomic E-state index is 13.2. The van der Waals surface area contributed by atoms with Crippen LogP contribution in [0.1, 0.15) is 44.1 Å². The van der Waals surface area contributed by atoms with Crippen LogP contribution in [0.3, 0.4) is 0 Å². The third-order valence-corrected chi connectivity index (χ3v) is 4.92. The summed E-state index contributed by atoms with van der Waals surface area (Å²) in [6.45, 7) is -0.0529. The highest BCUT2D eigenvalue weighted by Crippen LogP contribution is 2.17. The fraction of sp³-hybridized carbons (Fsp3) is 0.450. The molecule has 0 saturated heterocycles. The first-order valence-electron chi connectivity index (χ1n) is 9.39. The average Bonchev–Trinajstić information content (AvgIpc) is 2.65. The number of rotatable bonds is 6. The molecule has 1 aliphatic carbocycles. The summed E-state index contributed by atoms with van der Waals surface area (Å²) in [5.41, 5.74) is 0.541. The van der Waals surface area contributed by atoms with Crippen molar-refractivity contribution in [2.24, 2.45) is 0 Å². The highest BCUT2D eigenvalue weighted by atomic mass is 19.1. The van der Waals surface area contributed by atoms with Crippen molar-refractivity contribution in [3.8, 4) is 0 Å². The molecular formula is C20H24FN3O3. The monoisotopic (exact) mass is 373 g/mol. The van der Waals surface area contributed by atoms with Gasteiger partial charge < -0.3 is 15.6 Å². The zero-order valence-electron chi connectivity index (χ0n) is 15.1. The van der Waals surface area contributed by atoms with Crippen LogP contribution in [0.4, 0.5) is 4.39 Å². The van der Waals surface area contributed by atoms with Crippen molar-refractivity contribution in [3.05, 3.63) is 46.0 Å². The van der Waals surface area contributed by atoms with E-state index in [2.05, 4.69) is 15.6 Å². The van der Waals surface area contributed by atoms with Gasteiger partial charge in [-0.3, -0.25) is 14.4 Å². The summed E-state index contributed by atoms with van der Waals surface area (Å²) in [5, 5.41) is 6.24. The van der Waals surface area contributed by atoms with Gasteiger partial charge in [-0.1, -0.05) is 19.3 Å². The number of hydrogen-bond acceptors (Lipinski definition) is 3. The van der Waals surface area contributed by atoms with E-state index in [9.17, 15) is 18.8 Å². The lowest BCUT2D eigenvalue weighted by atomic mass is 9.95. The molecule has 0 radical (unpaired) electrons. The molecule has 3 rings (SSSR count). The lowest BCUT2D eigenvalue weighted by molar-refractivity contribution is -0.126. The molecule has 0 spiro atoms. The van der Waals surface area contributed by atoms with Crippen LogP contribution in [0.2, 0.25) is 0 Å². The summed E-state index contributed by atoms with van der Waals surface area (Å²) in [5.74, 6) is -0.884. The van der Waals surface area contributed by atoms with Crippen LogP contribution in [0.25, 0.3) is 10.9 Å². The van der Waals surface area contributed by atoms with E-state index in [0.29, 0.717) is 16.5 Å². The number of hydrogen-bond donors (Lipinski definition) is 3. The van der Waals surface area contributed by atoms with Crippen LogP contribution in [-0.4, -0.2) is 29.4 Å². The van der Waals surface area contributed by atoms with E-state index in [1.165, 1.54) is 18.6 Å². The zero-order chi connectivity index (χ0) is 19.2. The quantitative estimate of drug-likeness (QED) is 0.725. The average molecular weight is 373 g/mol. The Morgan fingerprint density at radius 2 is 1.89 bits per heavy atom. The Bertz CT molecular complexity index is 888. The second kappa shape index (κ2) is 8.79. The molecule has 0 atom stereocenters. The fourth-order valence-electron chi connectivity index (χ4n) is 3.45. The summed E-state index contributed by atoms with van der Waals surface area (Å²) >= 11 is 0. The van der Waals surface area contributed by atoms with Crippen molar-refractivity contribution in [3.63, 3.8) is 0 Å². The number of H-pyrrole nitrogens is 1. The summed E-state index contributed by atoms with van der Waals surface area (Å²) in [6, 6.07) is 6.04. The Labute approximate surface area is 156 Å². The minimum absolute atomic E-state index is 0.0529. The summed E-state index contributed by atoms with van der Waals surface area (Å²) in [7, 11) is 0. The largest absolute Gasteiger partial charge is 0.352 e. The second-order valence-corrected chi connectivity index (χ2v) is 7.03. The molecule has 1 aliphatic rings. The molecule has 0 aliphatic heterocycles. The number of aryl methyl sites for hydroxylation is 1. The molecule has 1 aromatic heterocycles. The van der Waals surface area contributed by atoms with Gasteiger partial charge in [-0.2, -0.15) is 0 Å². The van der Waals surface area contributed by atoms with Crippen molar-refractivity contribution in [2.45, 2.75) is 51.0 Å². The van der Waals surface area contributed by atoms with Crippen LogP contribution < -0.4 is 16.2 Å². The minimum Gasteiger partial charge on any atom is -0.352 e. The molecular weight excluding hydrogens is 349 g/mol. The van der Waals surface area contributed by atoms with Crippen molar-refractivity contribution in [1.29, 1.82) is 0 Å². The molecule has 1 fully saturated rings. The van der Waals surface area contributed by atoms with Gasteiger partial charge in [0.05, 0.1) is 12.1 Å². The Kier molecular flexibility index (Phi) is 6.21. The molecule has 2 amide bonds. The first kappa shape index (κ1) is 19.1. The Hall–Kier alpha value is -2.70. The third-order valence-electron chi connectivity index (χ3n) is 4.92. The number of aromatic nitrogens is 1. The van der Waals surface area contributed by atoms with E-state index in [1.807, 2.05) is 0 Å². The van der Waals surface area contributed by atoms with Crippen molar-refractivity contribution >= 4 is 22.7 Å². The highest BCUT2D eigenvalue weighted by molar-refractivity contribution is 5.85. The maximum atomic E-state index is 13.2. The number of amides is 2. The zero-order valence-corrected chi connectivity index (χ0v) is 15.1. The molecule has 27 heavy (non-hydrogen) atoms. The molecule has 1 aromatic carbocycles. The topological polar surface area (TPSA) is 91.1 Å². The van der Waals surface area contributed by atoms with Crippen LogP contribution in [-0.2, 0) is 16.0 Å². The Morgan fingerprint density at radius 1 is 1.11 bits per heavy atom. The number of benzene rings is 1. The molecule has 144 valence electrons.